The van der Waals surface area contributed by atoms with Crippen molar-refractivity contribution in [1.29, 1.82) is 0 Å². The van der Waals surface area contributed by atoms with Crippen LogP contribution in [0.25, 0.3) is 0 Å². The van der Waals surface area contributed by atoms with E-state index in [1.54, 1.807) is 0 Å². The lowest BCUT2D eigenvalue weighted by atomic mass is 10.2. The smallest absolute Gasteiger partial charge is 0.0443 e. The molecule has 0 heterocycles. The van der Waals surface area contributed by atoms with Gasteiger partial charge >= 0.3 is 0 Å². The third-order valence-electron chi connectivity index (χ3n) is 1.64. The van der Waals surface area contributed by atoms with E-state index in [9.17, 15) is 0 Å². The van der Waals surface area contributed by atoms with E-state index < -0.39 is 0 Å². The van der Waals surface area contributed by atoms with Gasteiger partial charge in [0, 0.05) is 0 Å². The molecule has 50 valence electrons. The van der Waals surface area contributed by atoms with Gasteiger partial charge in [-0.05, 0) is 5.92 Å². The highest BCUT2D eigenvalue weighted by atomic mass is 14.1. The van der Waals surface area contributed by atoms with E-state index in [-0.39, 0.29) is 0 Å². The molecule has 1 saturated carbocycles. The Balaban J connectivity index is 0.000000222. The fraction of sp³-hybridized carbons (Fsp3) is 1.00. The van der Waals surface area contributed by atoms with Crippen molar-refractivity contribution in [3.05, 3.63) is 0 Å². The van der Waals surface area contributed by atoms with E-state index >= 15 is 0 Å². The monoisotopic (exact) mass is 114 g/mol. The highest BCUT2D eigenvalue weighted by Crippen LogP contribution is 2.22. The molecule has 0 radical (unpaired) electrons. The summed E-state index contributed by atoms with van der Waals surface area (Å²) in [6.07, 6.45) is 5.95. The largest absolute Gasteiger partial charge is 0.0683 e. The molecule has 8 heavy (non-hydrogen) atoms. The van der Waals surface area contributed by atoms with Crippen LogP contribution < -0.4 is 0 Å². The van der Waals surface area contributed by atoms with Gasteiger partial charge in [0.15, 0.2) is 0 Å². The molecule has 0 aromatic carbocycles. The van der Waals surface area contributed by atoms with Gasteiger partial charge in [-0.15, -0.1) is 0 Å². The van der Waals surface area contributed by atoms with Crippen molar-refractivity contribution in [3.8, 4) is 0 Å². The van der Waals surface area contributed by atoms with Gasteiger partial charge < -0.3 is 0 Å². The van der Waals surface area contributed by atoms with Crippen molar-refractivity contribution in [3.63, 3.8) is 0 Å². The minimum atomic E-state index is 1.05. The first-order valence-electron chi connectivity index (χ1n) is 3.89. The van der Waals surface area contributed by atoms with E-state index in [4.69, 9.17) is 0 Å². The van der Waals surface area contributed by atoms with Crippen molar-refractivity contribution in [2.45, 2.75) is 46.5 Å². The zero-order valence-electron chi connectivity index (χ0n) is 6.41. The minimum absolute atomic E-state index is 1.05. The Morgan fingerprint density at radius 3 is 1.50 bits per heavy atom. The lowest BCUT2D eigenvalue weighted by Gasteiger charge is -1.91. The summed E-state index contributed by atoms with van der Waals surface area (Å²) in [6.45, 7) is 6.34. The fourth-order valence-electron chi connectivity index (χ4n) is 1.13. The Labute approximate surface area is 53.3 Å². The van der Waals surface area contributed by atoms with Crippen molar-refractivity contribution in [1.82, 2.24) is 0 Å². The zero-order chi connectivity index (χ0) is 6.41. The second-order valence-corrected chi connectivity index (χ2v) is 2.39. The fourth-order valence-corrected chi connectivity index (χ4v) is 1.13. The summed E-state index contributed by atoms with van der Waals surface area (Å²) in [5, 5.41) is 0. The van der Waals surface area contributed by atoms with E-state index in [0.717, 1.165) is 5.92 Å². The van der Waals surface area contributed by atoms with Crippen molar-refractivity contribution in [2.24, 2.45) is 5.92 Å². The maximum atomic E-state index is 2.34. The Kier molecular flexibility index (Phi) is 5.14. The molecule has 0 nitrogen and oxygen atoms in total. The predicted molar refractivity (Wildman–Crippen MR) is 39.0 cm³/mol. The summed E-state index contributed by atoms with van der Waals surface area (Å²) in [5.74, 6) is 1.05. The molecule has 0 spiro atoms. The molecule has 1 aliphatic carbocycles. The third kappa shape index (κ3) is 3.06. The average Bonchev–Trinajstić information content (AvgIpc) is 2.24. The van der Waals surface area contributed by atoms with Crippen molar-refractivity contribution < 1.29 is 0 Å². The van der Waals surface area contributed by atoms with E-state index in [1.807, 2.05) is 13.8 Å². The van der Waals surface area contributed by atoms with Crippen LogP contribution in [0, 0.1) is 5.92 Å². The van der Waals surface area contributed by atoms with Gasteiger partial charge in [-0.3, -0.25) is 0 Å². The summed E-state index contributed by atoms with van der Waals surface area (Å²) in [4.78, 5) is 0. The zero-order valence-corrected chi connectivity index (χ0v) is 6.41. The lowest BCUT2D eigenvalue weighted by Crippen LogP contribution is -1.78. The molecule has 1 fully saturated rings. The molecular formula is C8H18. The molecule has 0 aromatic heterocycles. The number of hydrogen-bond acceptors (Lipinski definition) is 0. The van der Waals surface area contributed by atoms with Gasteiger partial charge in [-0.25, -0.2) is 0 Å². The highest BCUT2D eigenvalue weighted by Gasteiger charge is 2.07. The van der Waals surface area contributed by atoms with Crippen LogP contribution in [-0.4, -0.2) is 0 Å². The number of rotatable bonds is 0. The molecule has 0 bridgehead atoms. The van der Waals surface area contributed by atoms with Crippen LogP contribution in [0.5, 0.6) is 0 Å². The van der Waals surface area contributed by atoms with E-state index in [0.29, 0.717) is 0 Å². The molecule has 0 heteroatoms. The first kappa shape index (κ1) is 8.00. The molecule has 0 unspecified atom stereocenters. The molecular weight excluding hydrogens is 96.1 g/mol. The van der Waals surface area contributed by atoms with Crippen LogP contribution in [0.4, 0.5) is 0 Å². The van der Waals surface area contributed by atoms with Crippen molar-refractivity contribution in [2.75, 3.05) is 0 Å². The van der Waals surface area contributed by atoms with E-state index in [1.165, 1.54) is 25.7 Å². The van der Waals surface area contributed by atoms with Gasteiger partial charge in [0.25, 0.3) is 0 Å². The third-order valence-corrected chi connectivity index (χ3v) is 1.64. The Bertz CT molecular complexity index is 33.3. The van der Waals surface area contributed by atoms with Crippen LogP contribution in [0.1, 0.15) is 46.5 Å². The highest BCUT2D eigenvalue weighted by molar-refractivity contribution is 4.60. The molecule has 0 N–H and O–H groups in total. The first-order valence-corrected chi connectivity index (χ1v) is 3.89. The second-order valence-electron chi connectivity index (χ2n) is 2.39. The maximum absolute atomic E-state index is 2.34. The molecule has 0 amide bonds. The summed E-state index contributed by atoms with van der Waals surface area (Å²) in [5.41, 5.74) is 0. The predicted octanol–water partition coefficient (Wildman–Crippen LogP) is 3.22. The average molecular weight is 114 g/mol. The summed E-state index contributed by atoms with van der Waals surface area (Å²) >= 11 is 0. The molecule has 0 atom stereocenters. The molecule has 0 aliphatic heterocycles. The summed E-state index contributed by atoms with van der Waals surface area (Å²) in [7, 11) is 0. The maximum Gasteiger partial charge on any atom is -0.0443 e. The number of hydrogen-bond donors (Lipinski definition) is 0. The van der Waals surface area contributed by atoms with Crippen LogP contribution in [-0.2, 0) is 0 Å². The lowest BCUT2D eigenvalue weighted by molar-refractivity contribution is 0.612. The van der Waals surface area contributed by atoms with Gasteiger partial charge in [-0.1, -0.05) is 46.5 Å². The quantitative estimate of drug-likeness (QED) is 0.453. The van der Waals surface area contributed by atoms with Gasteiger partial charge in [0.2, 0.25) is 0 Å². The Morgan fingerprint density at radius 2 is 1.38 bits per heavy atom. The van der Waals surface area contributed by atoms with Gasteiger partial charge in [0.1, 0.15) is 0 Å². The molecule has 1 aliphatic rings. The van der Waals surface area contributed by atoms with Gasteiger partial charge in [0.05, 0.1) is 0 Å². The van der Waals surface area contributed by atoms with Crippen LogP contribution in [0.2, 0.25) is 0 Å². The van der Waals surface area contributed by atoms with Crippen molar-refractivity contribution >= 4 is 0 Å². The topological polar surface area (TPSA) is 0 Å². The summed E-state index contributed by atoms with van der Waals surface area (Å²) in [6, 6.07) is 0. The normalized spacial score (nSPS) is 19.9. The van der Waals surface area contributed by atoms with Crippen LogP contribution in [0.3, 0.4) is 0 Å². The molecule has 0 saturated heterocycles. The molecule has 1 rings (SSSR count). The van der Waals surface area contributed by atoms with E-state index in [2.05, 4.69) is 6.92 Å². The Morgan fingerprint density at radius 1 is 1.00 bits per heavy atom. The molecule has 0 aromatic rings. The SMILES string of the molecule is CC.CC1CCCC1. The first-order chi connectivity index (χ1) is 3.89. The van der Waals surface area contributed by atoms with Crippen LogP contribution >= 0.6 is 0 Å². The summed E-state index contributed by atoms with van der Waals surface area (Å²) < 4.78 is 0. The minimum Gasteiger partial charge on any atom is -0.0683 e. The Hall–Kier alpha value is 0. The van der Waals surface area contributed by atoms with Gasteiger partial charge in [-0.2, -0.15) is 0 Å². The second kappa shape index (κ2) is 5.14. The van der Waals surface area contributed by atoms with Crippen LogP contribution in [0.15, 0.2) is 0 Å². The standard InChI is InChI=1S/C6H12.C2H6/c1-6-4-2-3-5-6;1-2/h6H,2-5H2,1H3;1-2H3.